The second-order valence-corrected chi connectivity index (χ2v) is 2.59. The Hall–Kier alpha value is -0.200. The van der Waals surface area contributed by atoms with Crippen molar-refractivity contribution in [2.75, 3.05) is 6.61 Å². The summed E-state index contributed by atoms with van der Waals surface area (Å²) in [5.74, 6) is 0. The molecule has 0 radical (unpaired) electrons. The lowest BCUT2D eigenvalue weighted by Gasteiger charge is -2.33. The van der Waals surface area contributed by atoms with Crippen LogP contribution in [0.1, 0.15) is 6.92 Å². The lowest BCUT2D eigenvalue weighted by Crippen LogP contribution is -2.51. The third kappa shape index (κ3) is 2.11. The van der Waals surface area contributed by atoms with Gasteiger partial charge in [-0.2, -0.15) is 0 Å². The Morgan fingerprint density at radius 2 is 1.73 bits per heavy atom. The van der Waals surface area contributed by atoms with Crippen LogP contribution in [-0.2, 0) is 4.74 Å². The van der Waals surface area contributed by atoms with Gasteiger partial charge in [0.05, 0.1) is 12.7 Å². The van der Waals surface area contributed by atoms with Gasteiger partial charge >= 0.3 is 0 Å². The van der Waals surface area contributed by atoms with Crippen LogP contribution in [0.15, 0.2) is 0 Å². The fourth-order valence-corrected chi connectivity index (χ4v) is 0.953. The minimum absolute atomic E-state index is 0. The number of aliphatic hydroxyl groups is 3. The van der Waals surface area contributed by atoms with Gasteiger partial charge in [-0.15, -0.1) is 0 Å². The largest absolute Gasteiger partial charge is 0.412 e. The third-order valence-electron chi connectivity index (χ3n) is 1.75. The summed E-state index contributed by atoms with van der Waals surface area (Å²) in [6.45, 7) is 1.75. The maximum Gasteiger partial charge on any atom is 0.110 e. The van der Waals surface area contributed by atoms with Crippen molar-refractivity contribution in [3.05, 3.63) is 0 Å². The van der Waals surface area contributed by atoms with E-state index in [1.165, 1.54) is 0 Å². The second kappa shape index (κ2) is 3.99. The molecule has 1 saturated heterocycles. The van der Waals surface area contributed by atoms with Crippen molar-refractivity contribution in [3.63, 3.8) is 0 Å². The van der Waals surface area contributed by atoms with Gasteiger partial charge in [0.15, 0.2) is 0 Å². The topological polar surface area (TPSA) is 101 Å². The van der Waals surface area contributed by atoms with E-state index < -0.39 is 24.4 Å². The molecule has 0 aromatic rings. The fraction of sp³-hybridized carbons (Fsp3) is 1.00. The number of aliphatic hydroxyl groups excluding tert-OH is 3. The van der Waals surface area contributed by atoms with Gasteiger partial charge in [-0.05, 0) is 6.92 Å². The minimum atomic E-state index is -1.07. The first-order chi connectivity index (χ1) is 4.63. The molecule has 5 N–H and O–H groups in total. The first-order valence-corrected chi connectivity index (χ1v) is 3.28. The van der Waals surface area contributed by atoms with Gasteiger partial charge in [0.1, 0.15) is 18.3 Å². The average molecular weight is 166 g/mol. The molecule has 1 heterocycles. The van der Waals surface area contributed by atoms with Crippen LogP contribution in [0.5, 0.6) is 0 Å². The zero-order chi connectivity index (χ0) is 7.72. The van der Waals surface area contributed by atoms with Crippen LogP contribution >= 0.6 is 0 Å². The van der Waals surface area contributed by atoms with E-state index in [1.807, 2.05) is 0 Å². The van der Waals surface area contributed by atoms with Crippen molar-refractivity contribution < 1.29 is 25.5 Å². The highest BCUT2D eigenvalue weighted by Gasteiger charge is 2.34. The SMILES string of the molecule is C[C@H]1OC[C@H](O)[C@@H](O)[C@H]1O.O. The monoisotopic (exact) mass is 166 g/mol. The zero-order valence-corrected chi connectivity index (χ0v) is 6.27. The molecule has 0 spiro atoms. The summed E-state index contributed by atoms with van der Waals surface area (Å²) in [6.07, 6.45) is -3.38. The van der Waals surface area contributed by atoms with Gasteiger partial charge in [0.2, 0.25) is 0 Å². The summed E-state index contributed by atoms with van der Waals surface area (Å²) in [4.78, 5) is 0. The average Bonchev–Trinajstić information content (AvgIpc) is 1.93. The Labute approximate surface area is 64.5 Å². The standard InChI is InChI=1S/C6H12O4.H2O/c1-3-5(8)6(9)4(7)2-10-3;/h3-9H,2H2,1H3;1H2/t3-,4+,5+,6-;/m1./s1. The van der Waals surface area contributed by atoms with Crippen LogP contribution in [-0.4, -0.2) is 51.8 Å². The molecule has 5 heteroatoms. The first-order valence-electron chi connectivity index (χ1n) is 3.28. The van der Waals surface area contributed by atoms with E-state index in [9.17, 15) is 0 Å². The van der Waals surface area contributed by atoms with Gasteiger partial charge in [0.25, 0.3) is 0 Å². The molecule has 1 aliphatic heterocycles. The normalized spacial score (nSPS) is 44.7. The van der Waals surface area contributed by atoms with Crippen molar-refractivity contribution in [2.45, 2.75) is 31.3 Å². The van der Waals surface area contributed by atoms with Crippen LogP contribution in [0.2, 0.25) is 0 Å². The molecule has 0 amide bonds. The van der Waals surface area contributed by atoms with Crippen molar-refractivity contribution in [1.82, 2.24) is 0 Å². The summed E-state index contributed by atoms with van der Waals surface area (Å²) in [7, 11) is 0. The quantitative estimate of drug-likeness (QED) is 0.375. The fourth-order valence-electron chi connectivity index (χ4n) is 0.953. The van der Waals surface area contributed by atoms with E-state index in [0.29, 0.717) is 0 Å². The molecule has 4 atom stereocenters. The lowest BCUT2D eigenvalue weighted by molar-refractivity contribution is -0.181. The third-order valence-corrected chi connectivity index (χ3v) is 1.75. The number of hydrogen-bond donors (Lipinski definition) is 3. The molecular formula is C6H14O5. The molecular weight excluding hydrogens is 152 g/mol. The summed E-state index contributed by atoms with van der Waals surface area (Å²) in [5.41, 5.74) is 0. The van der Waals surface area contributed by atoms with Crippen molar-refractivity contribution in [1.29, 1.82) is 0 Å². The molecule has 5 nitrogen and oxygen atoms in total. The van der Waals surface area contributed by atoms with Gasteiger partial charge in [-0.3, -0.25) is 0 Å². The van der Waals surface area contributed by atoms with Crippen molar-refractivity contribution in [3.8, 4) is 0 Å². The van der Waals surface area contributed by atoms with Gasteiger partial charge in [0, 0.05) is 0 Å². The Morgan fingerprint density at radius 1 is 1.18 bits per heavy atom. The van der Waals surface area contributed by atoms with E-state index >= 15 is 0 Å². The Bertz CT molecular complexity index is 104. The lowest BCUT2D eigenvalue weighted by atomic mass is 10.0. The predicted molar refractivity (Wildman–Crippen MR) is 37.0 cm³/mol. The van der Waals surface area contributed by atoms with Gasteiger partial charge in [-0.1, -0.05) is 0 Å². The van der Waals surface area contributed by atoms with Crippen molar-refractivity contribution >= 4 is 0 Å². The molecule has 1 fully saturated rings. The maximum absolute atomic E-state index is 9.08. The smallest absolute Gasteiger partial charge is 0.110 e. The molecule has 0 aromatic heterocycles. The summed E-state index contributed by atoms with van der Waals surface area (Å²) in [6, 6.07) is 0. The molecule has 0 aromatic carbocycles. The van der Waals surface area contributed by atoms with E-state index in [2.05, 4.69) is 0 Å². The van der Waals surface area contributed by atoms with Gasteiger partial charge < -0.3 is 25.5 Å². The molecule has 68 valence electrons. The van der Waals surface area contributed by atoms with Crippen LogP contribution < -0.4 is 0 Å². The molecule has 0 saturated carbocycles. The zero-order valence-electron chi connectivity index (χ0n) is 6.27. The molecule has 11 heavy (non-hydrogen) atoms. The van der Waals surface area contributed by atoms with Crippen LogP contribution in [0.25, 0.3) is 0 Å². The highest BCUT2D eigenvalue weighted by Crippen LogP contribution is 2.14. The highest BCUT2D eigenvalue weighted by atomic mass is 16.5. The number of rotatable bonds is 0. The Morgan fingerprint density at radius 3 is 2.18 bits per heavy atom. The summed E-state index contributed by atoms with van der Waals surface area (Å²) >= 11 is 0. The number of ether oxygens (including phenoxy) is 1. The number of hydrogen-bond acceptors (Lipinski definition) is 4. The first kappa shape index (κ1) is 10.8. The molecule has 1 aliphatic rings. The highest BCUT2D eigenvalue weighted by molar-refractivity contribution is 4.83. The molecule has 0 unspecified atom stereocenters. The molecule has 0 bridgehead atoms. The van der Waals surface area contributed by atoms with Crippen molar-refractivity contribution in [2.24, 2.45) is 0 Å². The van der Waals surface area contributed by atoms with E-state index in [0.717, 1.165) is 0 Å². The van der Waals surface area contributed by atoms with E-state index in [1.54, 1.807) is 6.92 Å². The summed E-state index contributed by atoms with van der Waals surface area (Å²) in [5, 5.41) is 27.0. The van der Waals surface area contributed by atoms with Crippen LogP contribution in [0.4, 0.5) is 0 Å². The predicted octanol–water partition coefficient (Wildman–Crippen LogP) is -2.34. The molecule has 0 aliphatic carbocycles. The van der Waals surface area contributed by atoms with E-state index in [-0.39, 0.29) is 12.1 Å². The van der Waals surface area contributed by atoms with Gasteiger partial charge in [-0.25, -0.2) is 0 Å². The Balaban J connectivity index is 0.000001000. The van der Waals surface area contributed by atoms with E-state index in [4.69, 9.17) is 20.1 Å². The Kier molecular flexibility index (Phi) is 3.91. The minimum Gasteiger partial charge on any atom is -0.412 e. The molecule has 1 rings (SSSR count). The summed E-state index contributed by atoms with van der Waals surface area (Å²) < 4.78 is 4.91. The van der Waals surface area contributed by atoms with Crippen LogP contribution in [0.3, 0.4) is 0 Å². The maximum atomic E-state index is 9.08. The second-order valence-electron chi connectivity index (χ2n) is 2.59. The van der Waals surface area contributed by atoms with Crippen LogP contribution in [0, 0.1) is 0 Å².